The highest BCUT2D eigenvalue weighted by Crippen LogP contribution is 2.26. The fraction of sp³-hybridized carbons (Fsp3) is 0.259. The number of aryl methyl sites for hydroxylation is 1. The Morgan fingerprint density at radius 3 is 1.91 bits per heavy atom. The van der Waals surface area contributed by atoms with Crippen molar-refractivity contribution in [1.82, 2.24) is 10.2 Å². The zero-order chi connectivity index (χ0) is 22.6. The zero-order valence-corrected chi connectivity index (χ0v) is 18.7. The Morgan fingerprint density at radius 1 is 0.812 bits per heavy atom. The summed E-state index contributed by atoms with van der Waals surface area (Å²) < 4.78 is 0. The summed E-state index contributed by atoms with van der Waals surface area (Å²) in [5.41, 5.74) is 3.51. The second-order valence-electron chi connectivity index (χ2n) is 8.79. The Bertz CT molecular complexity index is 1040. The van der Waals surface area contributed by atoms with Crippen LogP contribution in [-0.4, -0.2) is 36.1 Å². The highest BCUT2D eigenvalue weighted by atomic mass is 16.2. The van der Waals surface area contributed by atoms with Gasteiger partial charge in [0.25, 0.3) is 5.91 Å². The second kappa shape index (κ2) is 9.37. The van der Waals surface area contributed by atoms with E-state index in [1.807, 2.05) is 79.8 Å². The lowest BCUT2D eigenvalue weighted by Crippen LogP contribution is -3.09. The molecule has 3 aromatic carbocycles. The number of nitrogens with one attached hydrogen (secondary N) is 2. The van der Waals surface area contributed by atoms with Gasteiger partial charge in [0.2, 0.25) is 0 Å². The highest BCUT2D eigenvalue weighted by Gasteiger charge is 2.52. The van der Waals surface area contributed by atoms with Crippen molar-refractivity contribution in [1.29, 1.82) is 0 Å². The van der Waals surface area contributed by atoms with Gasteiger partial charge < -0.3 is 10.2 Å². The smallest absolute Gasteiger partial charge is 0.322 e. The number of quaternary nitrogens is 1. The number of hydrogen-bond acceptors (Lipinski definition) is 2. The normalized spacial score (nSPS) is 16.1. The minimum atomic E-state index is -0.983. The lowest BCUT2D eigenvalue weighted by Gasteiger charge is -2.27. The van der Waals surface area contributed by atoms with Gasteiger partial charge in [-0.05, 0) is 23.6 Å². The molecule has 164 valence electrons. The molecule has 1 aliphatic heterocycles. The maximum absolute atomic E-state index is 13.7. The largest absolute Gasteiger partial charge is 0.329 e. The topological polar surface area (TPSA) is 53.9 Å². The zero-order valence-electron chi connectivity index (χ0n) is 18.7. The van der Waals surface area contributed by atoms with Crippen LogP contribution in [0.25, 0.3) is 0 Å². The average Bonchev–Trinajstić information content (AvgIpc) is 3.00. The molecule has 2 N–H and O–H groups in total. The van der Waals surface area contributed by atoms with Gasteiger partial charge in [-0.1, -0.05) is 84.9 Å². The van der Waals surface area contributed by atoms with Gasteiger partial charge in [-0.15, -0.1) is 0 Å². The van der Waals surface area contributed by atoms with Gasteiger partial charge in [-0.3, -0.25) is 4.79 Å². The minimum Gasteiger partial charge on any atom is -0.322 e. The fourth-order valence-electron chi connectivity index (χ4n) is 4.47. The van der Waals surface area contributed by atoms with E-state index in [4.69, 9.17) is 0 Å². The maximum atomic E-state index is 13.7. The van der Waals surface area contributed by atoms with Crippen LogP contribution in [0.3, 0.4) is 0 Å². The molecule has 0 bridgehead atoms. The summed E-state index contributed by atoms with van der Waals surface area (Å²) in [7, 11) is 2.02. The van der Waals surface area contributed by atoms with E-state index in [2.05, 4.69) is 24.4 Å². The molecule has 4 rings (SSSR count). The molecule has 1 saturated heterocycles. The summed E-state index contributed by atoms with van der Waals surface area (Å²) in [6, 6.07) is 27.7. The van der Waals surface area contributed by atoms with E-state index in [0.717, 1.165) is 22.6 Å². The third-order valence-electron chi connectivity index (χ3n) is 6.12. The van der Waals surface area contributed by atoms with Gasteiger partial charge in [0.05, 0.1) is 7.05 Å². The number of imide groups is 1. The van der Waals surface area contributed by atoms with Crippen LogP contribution in [0.4, 0.5) is 4.79 Å². The predicted molar refractivity (Wildman–Crippen MR) is 125 cm³/mol. The van der Waals surface area contributed by atoms with Crippen LogP contribution < -0.4 is 10.2 Å². The van der Waals surface area contributed by atoms with Gasteiger partial charge >= 0.3 is 6.03 Å². The van der Waals surface area contributed by atoms with E-state index in [-0.39, 0.29) is 11.9 Å². The first kappa shape index (κ1) is 21.8. The van der Waals surface area contributed by atoms with Gasteiger partial charge in [-0.2, -0.15) is 0 Å². The molecule has 5 nitrogen and oxygen atoms in total. The lowest BCUT2D eigenvalue weighted by molar-refractivity contribution is -0.901. The lowest BCUT2D eigenvalue weighted by atomic mass is 9.84. The minimum absolute atomic E-state index is 0.153. The first-order valence-corrected chi connectivity index (χ1v) is 11.0. The molecule has 1 atom stereocenters. The maximum Gasteiger partial charge on any atom is 0.329 e. The van der Waals surface area contributed by atoms with Gasteiger partial charge in [0.15, 0.2) is 6.67 Å². The standard InChI is InChI=1S/C27H29N3O2/c1-21-11-9-10-16-24(21)19-29(2)20-30-25(31)27(28-26(30)32,17-22-12-5-3-6-13-22)18-23-14-7-4-8-15-23/h3-16H,17-20H2,1-2H3,(H,28,32)/p+1. The molecule has 1 aliphatic rings. The summed E-state index contributed by atoms with van der Waals surface area (Å²) in [6.45, 7) is 3.15. The van der Waals surface area contributed by atoms with Gasteiger partial charge in [0, 0.05) is 18.4 Å². The SMILES string of the molecule is Cc1ccccc1C[NH+](C)CN1C(=O)NC(Cc2ccccc2)(Cc2ccccc2)C1=O. The Labute approximate surface area is 189 Å². The Kier molecular flexibility index (Phi) is 6.37. The van der Waals surface area contributed by atoms with Crippen LogP contribution in [-0.2, 0) is 24.2 Å². The van der Waals surface area contributed by atoms with Crippen molar-refractivity contribution in [2.24, 2.45) is 0 Å². The van der Waals surface area contributed by atoms with E-state index in [9.17, 15) is 9.59 Å². The van der Waals surface area contributed by atoms with E-state index >= 15 is 0 Å². The number of urea groups is 1. The molecule has 1 unspecified atom stereocenters. The number of nitrogens with zero attached hydrogens (tertiary/aromatic N) is 1. The van der Waals surface area contributed by atoms with Crippen molar-refractivity contribution in [3.05, 3.63) is 107 Å². The van der Waals surface area contributed by atoms with E-state index in [0.29, 0.717) is 19.5 Å². The first-order chi connectivity index (χ1) is 15.5. The summed E-state index contributed by atoms with van der Waals surface area (Å²) >= 11 is 0. The number of carbonyl (C=O) groups excluding carboxylic acids is 2. The van der Waals surface area contributed by atoms with E-state index in [1.54, 1.807) is 0 Å². The number of hydrogen-bond donors (Lipinski definition) is 2. The molecule has 0 spiro atoms. The summed E-state index contributed by atoms with van der Waals surface area (Å²) in [5.74, 6) is -0.153. The second-order valence-corrected chi connectivity index (χ2v) is 8.79. The van der Waals surface area contributed by atoms with Gasteiger partial charge in [-0.25, -0.2) is 9.69 Å². The number of rotatable bonds is 8. The quantitative estimate of drug-likeness (QED) is 0.542. The van der Waals surface area contributed by atoms with E-state index in [1.165, 1.54) is 16.0 Å². The molecule has 3 aromatic rings. The molecule has 0 aromatic heterocycles. The average molecular weight is 429 g/mol. The van der Waals surface area contributed by atoms with E-state index < -0.39 is 5.54 Å². The van der Waals surface area contributed by atoms with Crippen LogP contribution in [0.1, 0.15) is 22.3 Å². The third-order valence-corrected chi connectivity index (χ3v) is 6.12. The predicted octanol–water partition coefficient (Wildman–Crippen LogP) is 2.74. The van der Waals surface area contributed by atoms with Crippen LogP contribution >= 0.6 is 0 Å². The van der Waals surface area contributed by atoms with Crippen LogP contribution in [0, 0.1) is 6.92 Å². The Hall–Kier alpha value is -3.44. The van der Waals surface area contributed by atoms with Crippen molar-refractivity contribution in [2.75, 3.05) is 13.7 Å². The molecular weight excluding hydrogens is 398 g/mol. The van der Waals surface area contributed by atoms with Crippen LogP contribution in [0.15, 0.2) is 84.9 Å². The molecular formula is C27H30N3O2+. The van der Waals surface area contributed by atoms with Crippen molar-refractivity contribution >= 4 is 11.9 Å². The summed E-state index contributed by atoms with van der Waals surface area (Å²) in [6.07, 6.45) is 0.918. The molecule has 3 amide bonds. The monoisotopic (exact) mass is 428 g/mol. The van der Waals surface area contributed by atoms with Crippen molar-refractivity contribution < 1.29 is 14.5 Å². The summed E-state index contributed by atoms with van der Waals surface area (Å²) in [4.78, 5) is 29.2. The number of amides is 3. The Balaban J connectivity index is 1.57. The van der Waals surface area contributed by atoms with Crippen LogP contribution in [0.5, 0.6) is 0 Å². The third kappa shape index (κ3) is 4.73. The van der Waals surface area contributed by atoms with Crippen molar-refractivity contribution in [3.63, 3.8) is 0 Å². The van der Waals surface area contributed by atoms with Gasteiger partial charge in [0.1, 0.15) is 12.1 Å². The molecule has 5 heteroatoms. The van der Waals surface area contributed by atoms with Crippen molar-refractivity contribution in [2.45, 2.75) is 31.8 Å². The molecule has 1 heterocycles. The van der Waals surface area contributed by atoms with Crippen molar-refractivity contribution in [3.8, 4) is 0 Å². The molecule has 0 radical (unpaired) electrons. The number of benzene rings is 3. The number of carbonyl (C=O) groups is 2. The molecule has 1 fully saturated rings. The summed E-state index contributed by atoms with van der Waals surface area (Å²) in [5, 5.41) is 3.07. The van der Waals surface area contributed by atoms with Crippen LogP contribution in [0.2, 0.25) is 0 Å². The highest BCUT2D eigenvalue weighted by molar-refractivity contribution is 6.07. The Morgan fingerprint density at radius 2 is 1.34 bits per heavy atom. The first-order valence-electron chi connectivity index (χ1n) is 11.0. The molecule has 0 saturated carbocycles. The fourth-order valence-corrected chi connectivity index (χ4v) is 4.47. The molecule has 32 heavy (non-hydrogen) atoms. The molecule has 0 aliphatic carbocycles.